The minimum atomic E-state index is -0.685. The van der Waals surface area contributed by atoms with Gasteiger partial charge >= 0.3 is 0 Å². The molecule has 3 aliphatic rings. The minimum absolute atomic E-state index is 0. The lowest BCUT2D eigenvalue weighted by atomic mass is 9.63. The van der Waals surface area contributed by atoms with Crippen LogP contribution in [0.1, 0.15) is 414 Å². The Morgan fingerprint density at radius 1 is 0.298 bits per heavy atom. The van der Waals surface area contributed by atoms with Crippen molar-refractivity contribution in [3.05, 3.63) is 0 Å². The maximum atomic E-state index is 13.4. The van der Waals surface area contributed by atoms with Crippen molar-refractivity contribution in [1.29, 1.82) is 0 Å². The molecular weight excluding hydrogens is 1170 g/mol. The summed E-state index contributed by atoms with van der Waals surface area (Å²) in [6, 6.07) is 0.00516. The van der Waals surface area contributed by atoms with Crippen LogP contribution in [0.15, 0.2) is 0 Å². The molecule has 3 rings (SSSR count). The molecule has 9 N–H and O–H groups in total. The van der Waals surface area contributed by atoms with Crippen LogP contribution in [0.5, 0.6) is 0 Å². The molecule has 3 aliphatic carbocycles. The zero-order valence-corrected chi connectivity index (χ0v) is 61.6. The lowest BCUT2D eigenvalue weighted by Gasteiger charge is -2.42. The van der Waals surface area contributed by atoms with Gasteiger partial charge in [0, 0.05) is 57.9 Å². The maximum Gasteiger partial charge on any atom is 0.220 e. The molecule has 0 saturated heterocycles. The Balaban J connectivity index is 0.0000307. The Morgan fingerprint density at radius 3 is 0.734 bits per heavy atom. The summed E-state index contributed by atoms with van der Waals surface area (Å²) >= 11 is 0. The zero-order valence-electron chi connectivity index (χ0n) is 61.6. The summed E-state index contributed by atoms with van der Waals surface area (Å²) in [7, 11) is 0. The number of hydrogen-bond donors (Lipinski definition) is 9. The van der Waals surface area contributed by atoms with Crippen LogP contribution in [0.25, 0.3) is 0 Å². The van der Waals surface area contributed by atoms with Gasteiger partial charge in [-0.25, -0.2) is 0 Å². The van der Waals surface area contributed by atoms with Crippen molar-refractivity contribution in [2.75, 3.05) is 6.61 Å². The van der Waals surface area contributed by atoms with Crippen LogP contribution in [0.2, 0.25) is 0 Å². The normalized spacial score (nSPS) is 22.1. The molecule has 0 spiro atoms. The molecule has 94 heavy (non-hydrogen) atoms. The number of rotatable bonds is 62. The molecule has 0 aromatic heterocycles. The van der Waals surface area contributed by atoms with Crippen molar-refractivity contribution in [3.8, 4) is 0 Å². The Morgan fingerprint density at radius 2 is 0.500 bits per heavy atom. The molecule has 13 heteroatoms. The summed E-state index contributed by atoms with van der Waals surface area (Å²) in [6.45, 7) is 7.04. The van der Waals surface area contributed by atoms with E-state index in [1.807, 2.05) is 0 Å². The highest BCUT2D eigenvalue weighted by Gasteiger charge is 2.36. The first-order chi connectivity index (χ1) is 45.9. The molecule has 0 aromatic rings. The second-order valence-electron chi connectivity index (χ2n) is 30.8. The predicted octanol–water partition coefficient (Wildman–Crippen LogP) is 19.0. The second-order valence-corrected chi connectivity index (χ2v) is 30.8. The molecule has 554 valence electrons. The molecule has 0 aromatic carbocycles. The summed E-state index contributed by atoms with van der Waals surface area (Å²) in [4.78, 5) is 53.0. The molecule has 13 nitrogen and oxygen atoms in total. The van der Waals surface area contributed by atoms with Crippen LogP contribution in [-0.4, -0.2) is 104 Å². The molecule has 3 saturated carbocycles. The van der Waals surface area contributed by atoms with E-state index in [-0.39, 0.29) is 55.8 Å². The van der Waals surface area contributed by atoms with E-state index in [4.69, 9.17) is 5.11 Å². The summed E-state index contributed by atoms with van der Waals surface area (Å²) in [5.74, 6) is 3.71. The van der Waals surface area contributed by atoms with Gasteiger partial charge in [-0.05, 0) is 120 Å². The van der Waals surface area contributed by atoms with Gasteiger partial charge in [-0.1, -0.05) is 290 Å². The van der Waals surface area contributed by atoms with Crippen LogP contribution in [0, 0.1) is 23.7 Å². The van der Waals surface area contributed by atoms with E-state index in [1.165, 1.54) is 161 Å². The second kappa shape index (κ2) is 58.5. The zero-order chi connectivity index (χ0) is 67.9. The van der Waals surface area contributed by atoms with E-state index >= 15 is 0 Å². The number of aliphatic hydroxyl groups excluding tert-OH is 5. The Hall–Kier alpha value is -2.32. The predicted molar refractivity (Wildman–Crippen MR) is 394 cm³/mol. The van der Waals surface area contributed by atoms with Gasteiger partial charge in [0.1, 0.15) is 0 Å². The molecule has 0 bridgehead atoms. The Bertz CT molecular complexity index is 1690. The van der Waals surface area contributed by atoms with Crippen molar-refractivity contribution in [3.63, 3.8) is 0 Å². The maximum absolute atomic E-state index is 13.4. The third-order valence-corrected chi connectivity index (χ3v) is 22.5. The van der Waals surface area contributed by atoms with Crippen LogP contribution < -0.4 is 21.3 Å². The topological polar surface area (TPSA) is 218 Å². The standard InChI is InChI=1S/C81H154N4O9.H2/c1-4-7-10-13-18-30-47-66-64-68(49-32-24-26-40-61-80(93)84-72-53-44-42-51-70(72)82-78(91)59-38-22-15-20-35-56-75(88)74(87)55-34-17-12-9-6-3)69(65-67(66)48-31-19-14-11-8-5-2)50-33-25-27-41-62-81(94)85-73-54-45-43-52-71(73)83-79(92)60-39-23-16-21-36-57-76(89)77(90)58-37-28-29-46-63-86;/h66-77,86-90H,4-65H2,1-3H3,(H,82,91)(H,83,92)(H,84,93)(H,85,94);1H/t66?,67?,68?,69?,70-,71+,72+,73-,74?,75?,76?,77?;/m0./s1. The molecule has 0 aliphatic heterocycles. The smallest absolute Gasteiger partial charge is 0.220 e. The van der Waals surface area contributed by atoms with Crippen molar-refractivity contribution < 1.29 is 46.1 Å². The average Bonchev–Trinajstić information content (AvgIpc) is 0.893. The summed E-state index contributed by atoms with van der Waals surface area (Å²) in [5.41, 5.74) is 0. The third-order valence-electron chi connectivity index (χ3n) is 22.5. The van der Waals surface area contributed by atoms with E-state index in [1.54, 1.807) is 0 Å². The molecule has 0 radical (unpaired) electrons. The summed E-state index contributed by atoms with van der Waals surface area (Å²) < 4.78 is 0. The lowest BCUT2D eigenvalue weighted by Crippen LogP contribution is -2.53. The Labute approximate surface area is 579 Å². The number of unbranched alkanes of at least 4 members (excludes halogenated alkanes) is 31. The fraction of sp³-hybridized carbons (Fsp3) is 0.951. The number of carbonyl (C=O) groups is 4. The van der Waals surface area contributed by atoms with E-state index in [9.17, 15) is 39.6 Å². The van der Waals surface area contributed by atoms with Crippen LogP contribution in [0.3, 0.4) is 0 Å². The molecule has 0 heterocycles. The minimum Gasteiger partial charge on any atom is -0.396 e. The summed E-state index contributed by atoms with van der Waals surface area (Å²) in [6.07, 6.45) is 62.2. The fourth-order valence-corrected chi connectivity index (χ4v) is 16.4. The first kappa shape index (κ1) is 85.9. The lowest BCUT2D eigenvalue weighted by molar-refractivity contribution is -0.125. The first-order valence-electron chi connectivity index (χ1n) is 41.4. The number of nitrogens with one attached hydrogen (secondary N) is 4. The van der Waals surface area contributed by atoms with Crippen LogP contribution in [-0.2, 0) is 19.2 Å². The van der Waals surface area contributed by atoms with Crippen molar-refractivity contribution in [1.82, 2.24) is 21.3 Å². The average molecular weight is 1330 g/mol. The van der Waals surface area contributed by atoms with Gasteiger partial charge in [0.2, 0.25) is 23.6 Å². The largest absolute Gasteiger partial charge is 0.396 e. The van der Waals surface area contributed by atoms with Crippen LogP contribution in [0.4, 0.5) is 0 Å². The number of hydrogen-bond acceptors (Lipinski definition) is 9. The number of aliphatic hydroxyl groups is 5. The van der Waals surface area contributed by atoms with E-state index in [2.05, 4.69) is 42.0 Å². The third kappa shape index (κ3) is 43.3. The highest BCUT2D eigenvalue weighted by Crippen LogP contribution is 2.47. The van der Waals surface area contributed by atoms with Crippen molar-refractivity contribution in [2.24, 2.45) is 23.7 Å². The van der Waals surface area contributed by atoms with Crippen LogP contribution >= 0.6 is 0 Å². The van der Waals surface area contributed by atoms with E-state index in [0.29, 0.717) is 51.4 Å². The molecule has 12 atom stereocenters. The number of carbonyl (C=O) groups excluding carboxylic acids is 4. The fourth-order valence-electron chi connectivity index (χ4n) is 16.4. The molecule has 4 amide bonds. The van der Waals surface area contributed by atoms with Gasteiger partial charge < -0.3 is 46.8 Å². The van der Waals surface area contributed by atoms with Gasteiger partial charge in [0.05, 0.1) is 24.4 Å². The van der Waals surface area contributed by atoms with E-state index in [0.717, 1.165) is 203 Å². The summed E-state index contributed by atoms with van der Waals surface area (Å²) in [5, 5.41) is 63.7. The van der Waals surface area contributed by atoms with Gasteiger partial charge in [-0.15, -0.1) is 0 Å². The molecule has 3 fully saturated rings. The monoisotopic (exact) mass is 1330 g/mol. The van der Waals surface area contributed by atoms with Crippen molar-refractivity contribution >= 4 is 23.6 Å². The highest BCUT2D eigenvalue weighted by atomic mass is 16.3. The molecular formula is C81H156N4O9. The molecule has 8 unspecified atom stereocenters. The van der Waals surface area contributed by atoms with Gasteiger partial charge in [0.25, 0.3) is 0 Å². The van der Waals surface area contributed by atoms with E-state index < -0.39 is 24.4 Å². The van der Waals surface area contributed by atoms with Gasteiger partial charge in [0.15, 0.2) is 0 Å². The first-order valence-corrected chi connectivity index (χ1v) is 41.4. The SMILES string of the molecule is CCCCCCCCC1CC(CCCCCCC(=O)N[C@H]2CCCC[C@H]2NC(=O)CCCCCCCC(O)C(O)CCCCCCO)C(CCCCCCC(=O)N[C@@H]2CCCC[C@@H]2NC(=O)CCCCCCCC(O)C(O)CCCCCCC)CC1CCCCCCCC.[HH]. The van der Waals surface area contributed by atoms with Gasteiger partial charge in [-0.3, -0.25) is 19.2 Å². The Kier molecular flexibility index (Phi) is 53.4. The number of amides is 4. The van der Waals surface area contributed by atoms with Crippen molar-refractivity contribution in [2.45, 2.75) is 461 Å². The highest BCUT2D eigenvalue weighted by molar-refractivity contribution is 5.78. The van der Waals surface area contributed by atoms with Gasteiger partial charge in [-0.2, -0.15) is 0 Å². The quantitative estimate of drug-likeness (QED) is 0.0264.